The summed E-state index contributed by atoms with van der Waals surface area (Å²) in [5.41, 5.74) is 0.691. The fraction of sp³-hybridized carbons (Fsp3) is 0.400. The highest BCUT2D eigenvalue weighted by Gasteiger charge is 2.24. The number of amides is 1. The largest absolute Gasteiger partial charge is 0.550 e. The Morgan fingerprint density at radius 3 is 2.50 bits per heavy atom. The van der Waals surface area contributed by atoms with E-state index in [-0.39, 0.29) is 11.8 Å². The third-order valence-corrected chi connectivity index (χ3v) is 4.34. The molecule has 0 spiro atoms. The molecule has 22 heavy (non-hydrogen) atoms. The van der Waals surface area contributed by atoms with Crippen LogP contribution in [0.25, 0.3) is 0 Å². The van der Waals surface area contributed by atoms with Crippen molar-refractivity contribution in [1.82, 2.24) is 0 Å². The summed E-state index contributed by atoms with van der Waals surface area (Å²) in [6, 6.07) is 7.08. The molecule has 2 rings (SSSR count). The van der Waals surface area contributed by atoms with Gasteiger partial charge in [-0.25, -0.2) is 0 Å². The van der Waals surface area contributed by atoms with Crippen molar-refractivity contribution in [2.75, 3.05) is 25.0 Å². The molecule has 1 aliphatic rings. The van der Waals surface area contributed by atoms with Crippen LogP contribution in [0.3, 0.4) is 0 Å². The molecule has 0 aromatic heterocycles. The maximum atomic E-state index is 12.0. The molecular formula is C15H17N3O3S. The third kappa shape index (κ3) is 4.76. The van der Waals surface area contributed by atoms with Gasteiger partial charge in [-0.15, -0.1) is 0 Å². The van der Waals surface area contributed by atoms with E-state index in [1.807, 2.05) is 5.40 Å². The lowest BCUT2D eigenvalue weighted by Crippen LogP contribution is -3.14. The summed E-state index contributed by atoms with van der Waals surface area (Å²) in [5, 5.41) is 24.1. The Hall–Kier alpha value is -2.04. The summed E-state index contributed by atoms with van der Waals surface area (Å²) >= 11 is 1.07. The molecule has 2 N–H and O–H groups in total. The summed E-state index contributed by atoms with van der Waals surface area (Å²) in [6.07, 6.45) is 1.12. The zero-order chi connectivity index (χ0) is 15.9. The fourth-order valence-corrected chi connectivity index (χ4v) is 2.91. The zero-order valence-electron chi connectivity index (χ0n) is 12.0. The number of benzene rings is 1. The standard InChI is InChI=1S/C15H17N3O3S/c16-10-22-13-3-1-12(2-4-13)17-14(19)9-18-7-5-11(6-8-18)15(20)21/h1-4,11H,5-9H2,(H,17,19)(H,20,21). The minimum atomic E-state index is -0.987. The quantitative estimate of drug-likeness (QED) is 0.549. The molecule has 0 saturated carbocycles. The predicted molar refractivity (Wildman–Crippen MR) is 79.8 cm³/mol. The number of thioether (sulfide) groups is 1. The first-order valence-electron chi connectivity index (χ1n) is 7.08. The zero-order valence-corrected chi connectivity index (χ0v) is 12.8. The average Bonchev–Trinajstić information content (AvgIpc) is 2.50. The average molecular weight is 319 g/mol. The van der Waals surface area contributed by atoms with Crippen LogP contribution in [0.1, 0.15) is 12.8 Å². The number of rotatable bonds is 5. The molecule has 116 valence electrons. The number of nitrogens with one attached hydrogen (secondary N) is 2. The molecular weight excluding hydrogens is 302 g/mol. The molecule has 1 fully saturated rings. The van der Waals surface area contributed by atoms with Crippen molar-refractivity contribution in [3.05, 3.63) is 24.3 Å². The Bertz CT molecular complexity index is 575. The van der Waals surface area contributed by atoms with Gasteiger partial charge in [-0.2, -0.15) is 5.26 Å². The van der Waals surface area contributed by atoms with Crippen LogP contribution in [0.15, 0.2) is 29.2 Å². The summed E-state index contributed by atoms with van der Waals surface area (Å²) in [5.74, 6) is -1.46. The van der Waals surface area contributed by atoms with Gasteiger partial charge in [-0.3, -0.25) is 4.79 Å². The smallest absolute Gasteiger partial charge is 0.279 e. The van der Waals surface area contributed by atoms with E-state index in [0.29, 0.717) is 38.2 Å². The number of quaternary nitrogens is 1. The van der Waals surface area contributed by atoms with Gasteiger partial charge in [0.25, 0.3) is 5.91 Å². The van der Waals surface area contributed by atoms with Gasteiger partial charge in [0.05, 0.1) is 13.1 Å². The van der Waals surface area contributed by atoms with E-state index in [9.17, 15) is 14.7 Å². The Morgan fingerprint density at radius 1 is 1.32 bits per heavy atom. The van der Waals surface area contributed by atoms with E-state index in [1.165, 1.54) is 0 Å². The van der Waals surface area contributed by atoms with Crippen LogP contribution in [0, 0.1) is 16.6 Å². The van der Waals surface area contributed by atoms with E-state index < -0.39 is 5.97 Å². The molecule has 7 heteroatoms. The number of nitrogens with zero attached hydrogens (tertiary/aromatic N) is 1. The molecule has 0 aliphatic carbocycles. The number of hydrogen-bond donors (Lipinski definition) is 2. The Kier molecular flexibility index (Phi) is 5.81. The number of carboxylic acid groups (broad SMARTS) is 1. The van der Waals surface area contributed by atoms with Crippen LogP contribution in [0.4, 0.5) is 5.69 Å². The van der Waals surface area contributed by atoms with E-state index in [2.05, 4.69) is 5.32 Å². The highest BCUT2D eigenvalue weighted by atomic mass is 32.2. The molecule has 1 amide bonds. The van der Waals surface area contributed by atoms with E-state index in [4.69, 9.17) is 5.26 Å². The lowest BCUT2D eigenvalue weighted by molar-refractivity contribution is -0.897. The highest BCUT2D eigenvalue weighted by molar-refractivity contribution is 8.03. The second-order valence-electron chi connectivity index (χ2n) is 5.29. The van der Waals surface area contributed by atoms with Gasteiger partial charge >= 0.3 is 0 Å². The van der Waals surface area contributed by atoms with Gasteiger partial charge in [-0.05, 0) is 36.0 Å². The number of hydrogen-bond acceptors (Lipinski definition) is 5. The van der Waals surface area contributed by atoms with Crippen molar-refractivity contribution >= 4 is 29.3 Å². The summed E-state index contributed by atoms with van der Waals surface area (Å²) < 4.78 is 0. The Morgan fingerprint density at radius 2 is 1.95 bits per heavy atom. The third-order valence-electron chi connectivity index (χ3n) is 3.74. The molecule has 0 unspecified atom stereocenters. The fourth-order valence-electron chi connectivity index (χ4n) is 2.53. The van der Waals surface area contributed by atoms with E-state index >= 15 is 0 Å². The number of nitriles is 1. The minimum Gasteiger partial charge on any atom is -0.550 e. The van der Waals surface area contributed by atoms with E-state index in [1.54, 1.807) is 24.3 Å². The van der Waals surface area contributed by atoms with Crippen molar-refractivity contribution < 1.29 is 19.6 Å². The van der Waals surface area contributed by atoms with Gasteiger partial charge in [0.15, 0.2) is 6.54 Å². The molecule has 1 aromatic carbocycles. The van der Waals surface area contributed by atoms with Crippen LogP contribution in [0.2, 0.25) is 0 Å². The summed E-state index contributed by atoms with van der Waals surface area (Å²) in [4.78, 5) is 24.7. The van der Waals surface area contributed by atoms with E-state index in [0.717, 1.165) is 21.6 Å². The van der Waals surface area contributed by atoms with Gasteiger partial charge in [0.2, 0.25) is 0 Å². The van der Waals surface area contributed by atoms with Crippen molar-refractivity contribution in [2.45, 2.75) is 17.7 Å². The second kappa shape index (κ2) is 7.82. The van der Waals surface area contributed by atoms with Crippen LogP contribution in [0.5, 0.6) is 0 Å². The number of anilines is 1. The molecule has 0 bridgehead atoms. The number of thiocyanates is 1. The SMILES string of the molecule is N#CSc1ccc(NC(=O)C[NH+]2CCC(C(=O)[O-])CC2)cc1. The van der Waals surface area contributed by atoms with Gasteiger partial charge in [0.1, 0.15) is 5.40 Å². The van der Waals surface area contributed by atoms with Crippen molar-refractivity contribution in [1.29, 1.82) is 5.26 Å². The molecule has 0 atom stereocenters. The summed E-state index contributed by atoms with van der Waals surface area (Å²) in [6.45, 7) is 1.67. The predicted octanol–water partition coefficient (Wildman–Crippen LogP) is -0.757. The number of aliphatic carboxylic acids is 1. The first-order chi connectivity index (χ1) is 10.6. The topological polar surface area (TPSA) is 97.5 Å². The normalized spacial score (nSPS) is 20.9. The molecule has 6 nitrogen and oxygen atoms in total. The molecule has 1 aliphatic heterocycles. The lowest BCUT2D eigenvalue weighted by Gasteiger charge is -2.29. The highest BCUT2D eigenvalue weighted by Crippen LogP contribution is 2.18. The lowest BCUT2D eigenvalue weighted by atomic mass is 9.97. The number of likely N-dealkylation sites (tertiary alicyclic amines) is 1. The molecule has 1 saturated heterocycles. The first kappa shape index (κ1) is 16.3. The maximum absolute atomic E-state index is 12.0. The Balaban J connectivity index is 1.78. The monoisotopic (exact) mass is 319 g/mol. The van der Waals surface area contributed by atoms with Gasteiger partial charge < -0.3 is 20.1 Å². The number of carboxylic acids is 1. The molecule has 1 aromatic rings. The van der Waals surface area contributed by atoms with Crippen molar-refractivity contribution in [2.24, 2.45) is 5.92 Å². The van der Waals surface area contributed by atoms with Crippen LogP contribution in [-0.2, 0) is 9.59 Å². The van der Waals surface area contributed by atoms with Gasteiger partial charge in [-0.1, -0.05) is 0 Å². The van der Waals surface area contributed by atoms with Crippen LogP contribution >= 0.6 is 11.8 Å². The first-order valence-corrected chi connectivity index (χ1v) is 7.90. The maximum Gasteiger partial charge on any atom is 0.279 e. The number of piperidine rings is 1. The van der Waals surface area contributed by atoms with Crippen molar-refractivity contribution in [3.8, 4) is 5.40 Å². The molecule has 0 radical (unpaired) electrons. The van der Waals surface area contributed by atoms with Crippen LogP contribution in [-0.4, -0.2) is 31.5 Å². The van der Waals surface area contributed by atoms with Crippen molar-refractivity contribution in [3.63, 3.8) is 0 Å². The Labute approximate surface area is 133 Å². The number of carbonyl (C=O) groups excluding carboxylic acids is 2. The second-order valence-corrected chi connectivity index (χ2v) is 6.14. The number of carbonyl (C=O) groups is 2. The van der Waals surface area contributed by atoms with Crippen LogP contribution < -0.4 is 15.3 Å². The minimum absolute atomic E-state index is 0.0948. The summed E-state index contributed by atoms with van der Waals surface area (Å²) in [7, 11) is 0. The van der Waals surface area contributed by atoms with Gasteiger partial charge in [0, 0.05) is 35.3 Å². The molecule has 1 heterocycles.